The Morgan fingerprint density at radius 3 is 2.61 bits per heavy atom. The summed E-state index contributed by atoms with van der Waals surface area (Å²) in [6, 6.07) is 11.4. The van der Waals surface area contributed by atoms with Gasteiger partial charge in [-0.2, -0.15) is 0 Å². The monoisotopic (exact) mass is 246 g/mol. The van der Waals surface area contributed by atoms with E-state index in [2.05, 4.69) is 54.5 Å². The number of benzene rings is 1. The molecule has 0 spiro atoms. The Labute approximate surface area is 111 Å². The Kier molecular flexibility index (Phi) is 5.21. The Morgan fingerprint density at radius 1 is 1.28 bits per heavy atom. The van der Waals surface area contributed by atoms with Gasteiger partial charge in [-0.3, -0.25) is 0 Å². The highest BCUT2D eigenvalue weighted by molar-refractivity contribution is 5.14. The normalized spacial score (nSPS) is 17.1. The van der Waals surface area contributed by atoms with Crippen LogP contribution in [0.2, 0.25) is 0 Å². The Bertz CT molecular complexity index is 332. The van der Waals surface area contributed by atoms with Crippen LogP contribution in [0.5, 0.6) is 0 Å². The fourth-order valence-corrected chi connectivity index (χ4v) is 2.50. The van der Waals surface area contributed by atoms with Gasteiger partial charge in [-0.25, -0.2) is 0 Å². The molecule has 0 aliphatic heterocycles. The minimum absolute atomic E-state index is 0.693. The standard InChI is InChI=1S/C16H26N2/c1-3-11-17-16(15-9-10-15)13-18(2)12-14-7-5-4-6-8-14/h4-8,15-17H,3,9-13H2,1-2H3. The van der Waals surface area contributed by atoms with E-state index in [1.54, 1.807) is 0 Å². The molecule has 1 N–H and O–H groups in total. The highest BCUT2D eigenvalue weighted by Crippen LogP contribution is 2.33. The number of hydrogen-bond donors (Lipinski definition) is 1. The maximum atomic E-state index is 3.71. The van der Waals surface area contributed by atoms with Crippen LogP contribution in [0.25, 0.3) is 0 Å². The third-order valence-electron chi connectivity index (χ3n) is 3.65. The van der Waals surface area contributed by atoms with Crippen molar-refractivity contribution in [2.24, 2.45) is 5.92 Å². The summed E-state index contributed by atoms with van der Waals surface area (Å²) in [5.41, 5.74) is 1.41. The SMILES string of the molecule is CCCNC(CN(C)Cc1ccccc1)C1CC1. The van der Waals surface area contributed by atoms with Crippen LogP contribution >= 0.6 is 0 Å². The summed E-state index contributed by atoms with van der Waals surface area (Å²) in [5, 5.41) is 3.71. The summed E-state index contributed by atoms with van der Waals surface area (Å²) in [5.74, 6) is 0.926. The van der Waals surface area contributed by atoms with Crippen LogP contribution in [0.1, 0.15) is 31.7 Å². The molecule has 1 aliphatic rings. The lowest BCUT2D eigenvalue weighted by Crippen LogP contribution is -2.41. The van der Waals surface area contributed by atoms with E-state index in [0.717, 1.165) is 19.0 Å². The molecule has 0 heterocycles. The molecule has 1 atom stereocenters. The van der Waals surface area contributed by atoms with Crippen molar-refractivity contribution in [2.45, 2.75) is 38.8 Å². The van der Waals surface area contributed by atoms with Crippen molar-refractivity contribution in [1.82, 2.24) is 10.2 Å². The first-order chi connectivity index (χ1) is 8.79. The van der Waals surface area contributed by atoms with Gasteiger partial charge in [0.2, 0.25) is 0 Å². The minimum atomic E-state index is 0.693. The van der Waals surface area contributed by atoms with Gasteiger partial charge in [0.05, 0.1) is 0 Å². The summed E-state index contributed by atoms with van der Waals surface area (Å²) in [4.78, 5) is 2.45. The first kappa shape index (κ1) is 13.6. The van der Waals surface area contributed by atoms with Crippen molar-refractivity contribution < 1.29 is 0 Å². The fourth-order valence-electron chi connectivity index (χ4n) is 2.50. The molecule has 0 bridgehead atoms. The highest BCUT2D eigenvalue weighted by Gasteiger charge is 2.31. The molecule has 2 nitrogen and oxygen atoms in total. The van der Waals surface area contributed by atoms with E-state index in [1.807, 2.05) is 0 Å². The Balaban J connectivity index is 1.79. The molecule has 0 amide bonds. The van der Waals surface area contributed by atoms with Crippen LogP contribution in [0.15, 0.2) is 30.3 Å². The van der Waals surface area contributed by atoms with Gasteiger partial charge in [-0.15, -0.1) is 0 Å². The predicted octanol–water partition coefficient (Wildman–Crippen LogP) is 2.90. The smallest absolute Gasteiger partial charge is 0.0231 e. The lowest BCUT2D eigenvalue weighted by atomic mass is 10.1. The van der Waals surface area contributed by atoms with E-state index in [0.29, 0.717) is 6.04 Å². The lowest BCUT2D eigenvalue weighted by Gasteiger charge is -2.25. The largest absolute Gasteiger partial charge is 0.312 e. The molecule has 1 aliphatic carbocycles. The Hall–Kier alpha value is -0.860. The topological polar surface area (TPSA) is 15.3 Å². The zero-order chi connectivity index (χ0) is 12.8. The zero-order valence-corrected chi connectivity index (χ0v) is 11.7. The molecule has 2 rings (SSSR count). The summed E-state index contributed by atoms with van der Waals surface area (Å²) in [6.07, 6.45) is 4.06. The minimum Gasteiger partial charge on any atom is -0.312 e. The first-order valence-corrected chi connectivity index (χ1v) is 7.25. The molecule has 2 heteroatoms. The van der Waals surface area contributed by atoms with Crippen LogP contribution in [0, 0.1) is 5.92 Å². The van der Waals surface area contributed by atoms with Crippen LogP contribution in [-0.2, 0) is 6.54 Å². The second-order valence-electron chi connectivity index (χ2n) is 5.58. The predicted molar refractivity (Wildman–Crippen MR) is 77.6 cm³/mol. The summed E-state index contributed by atoms with van der Waals surface area (Å²) in [7, 11) is 2.23. The molecule has 1 aromatic rings. The van der Waals surface area contributed by atoms with Gasteiger partial charge in [0, 0.05) is 19.1 Å². The van der Waals surface area contributed by atoms with Crippen LogP contribution < -0.4 is 5.32 Å². The molecular weight excluding hydrogens is 220 g/mol. The van der Waals surface area contributed by atoms with E-state index in [-0.39, 0.29) is 0 Å². The summed E-state index contributed by atoms with van der Waals surface area (Å²) in [6.45, 7) is 5.61. The van der Waals surface area contributed by atoms with Gasteiger partial charge in [0.15, 0.2) is 0 Å². The maximum absolute atomic E-state index is 3.71. The molecule has 1 fully saturated rings. The highest BCUT2D eigenvalue weighted by atomic mass is 15.1. The van der Waals surface area contributed by atoms with Crippen molar-refractivity contribution >= 4 is 0 Å². The van der Waals surface area contributed by atoms with Crippen LogP contribution in [0.4, 0.5) is 0 Å². The zero-order valence-electron chi connectivity index (χ0n) is 11.7. The number of nitrogens with zero attached hydrogens (tertiary/aromatic N) is 1. The Morgan fingerprint density at radius 2 is 2.00 bits per heavy atom. The van der Waals surface area contributed by atoms with E-state index < -0.39 is 0 Å². The van der Waals surface area contributed by atoms with E-state index in [4.69, 9.17) is 0 Å². The molecule has 18 heavy (non-hydrogen) atoms. The van der Waals surface area contributed by atoms with Gasteiger partial charge in [0.1, 0.15) is 0 Å². The fraction of sp³-hybridized carbons (Fsp3) is 0.625. The third-order valence-corrected chi connectivity index (χ3v) is 3.65. The third kappa shape index (κ3) is 4.43. The lowest BCUT2D eigenvalue weighted by molar-refractivity contribution is 0.267. The van der Waals surface area contributed by atoms with Crippen molar-refractivity contribution in [3.8, 4) is 0 Å². The van der Waals surface area contributed by atoms with Gasteiger partial charge in [-0.05, 0) is 44.3 Å². The number of rotatable bonds is 8. The molecular formula is C16H26N2. The van der Waals surface area contributed by atoms with Gasteiger partial charge >= 0.3 is 0 Å². The molecule has 1 saturated carbocycles. The number of nitrogens with one attached hydrogen (secondary N) is 1. The second kappa shape index (κ2) is 6.91. The van der Waals surface area contributed by atoms with E-state index >= 15 is 0 Å². The van der Waals surface area contributed by atoms with E-state index in [1.165, 1.54) is 31.4 Å². The quantitative estimate of drug-likeness (QED) is 0.759. The molecule has 0 radical (unpaired) electrons. The summed E-state index contributed by atoms with van der Waals surface area (Å²) < 4.78 is 0. The summed E-state index contributed by atoms with van der Waals surface area (Å²) >= 11 is 0. The molecule has 0 aromatic heterocycles. The first-order valence-electron chi connectivity index (χ1n) is 7.25. The van der Waals surface area contributed by atoms with Crippen molar-refractivity contribution in [2.75, 3.05) is 20.1 Å². The second-order valence-corrected chi connectivity index (χ2v) is 5.58. The van der Waals surface area contributed by atoms with Crippen molar-refractivity contribution in [3.63, 3.8) is 0 Å². The van der Waals surface area contributed by atoms with Gasteiger partial charge in [0.25, 0.3) is 0 Å². The molecule has 1 aromatic carbocycles. The maximum Gasteiger partial charge on any atom is 0.0231 e. The molecule has 100 valence electrons. The van der Waals surface area contributed by atoms with Crippen LogP contribution in [-0.4, -0.2) is 31.1 Å². The number of likely N-dealkylation sites (N-methyl/N-ethyl adjacent to an activating group) is 1. The molecule has 1 unspecified atom stereocenters. The van der Waals surface area contributed by atoms with E-state index in [9.17, 15) is 0 Å². The van der Waals surface area contributed by atoms with Crippen molar-refractivity contribution in [3.05, 3.63) is 35.9 Å². The number of hydrogen-bond acceptors (Lipinski definition) is 2. The van der Waals surface area contributed by atoms with Gasteiger partial charge < -0.3 is 10.2 Å². The average molecular weight is 246 g/mol. The van der Waals surface area contributed by atoms with Crippen molar-refractivity contribution in [1.29, 1.82) is 0 Å². The molecule has 0 saturated heterocycles. The van der Waals surface area contributed by atoms with Crippen LogP contribution in [0.3, 0.4) is 0 Å². The average Bonchev–Trinajstić information content (AvgIpc) is 3.20. The van der Waals surface area contributed by atoms with Gasteiger partial charge in [-0.1, -0.05) is 37.3 Å².